The summed E-state index contributed by atoms with van der Waals surface area (Å²) in [6.07, 6.45) is 1.84. The molecule has 20 heavy (non-hydrogen) atoms. The Morgan fingerprint density at radius 2 is 2.35 bits per heavy atom. The zero-order valence-corrected chi connectivity index (χ0v) is 13.3. The molecule has 0 unspecified atom stereocenters. The van der Waals surface area contributed by atoms with E-state index in [1.165, 1.54) is 4.88 Å². The summed E-state index contributed by atoms with van der Waals surface area (Å²) in [6.45, 7) is 8.63. The van der Waals surface area contributed by atoms with E-state index in [1.807, 2.05) is 20.8 Å². The number of piperidine rings is 1. The molecule has 2 rings (SSSR count). The van der Waals surface area contributed by atoms with E-state index in [9.17, 15) is 4.79 Å². The van der Waals surface area contributed by atoms with Gasteiger partial charge in [0, 0.05) is 24.0 Å². The molecule has 0 radical (unpaired) electrons. The average Bonchev–Trinajstić information content (AvgIpc) is 2.79. The maximum atomic E-state index is 11.8. The molecular weight excluding hydrogens is 272 g/mol. The minimum Gasteiger partial charge on any atom is -0.444 e. The molecule has 1 aliphatic rings. The van der Waals surface area contributed by atoms with Gasteiger partial charge in [-0.1, -0.05) is 6.07 Å². The number of nitrogens with zero attached hydrogens (tertiary/aromatic N) is 1. The van der Waals surface area contributed by atoms with Crippen LogP contribution in [0.4, 0.5) is 4.79 Å². The van der Waals surface area contributed by atoms with E-state index in [1.54, 1.807) is 11.3 Å². The second-order valence-corrected chi connectivity index (χ2v) is 7.33. The number of nitrogens with one attached hydrogen (secondary N) is 1. The molecule has 0 spiro atoms. The first-order valence-corrected chi connectivity index (χ1v) is 8.04. The fraction of sp³-hybridized carbons (Fsp3) is 0.667. The number of thiophene rings is 1. The van der Waals surface area contributed by atoms with Crippen molar-refractivity contribution < 1.29 is 9.53 Å². The van der Waals surface area contributed by atoms with Crippen LogP contribution < -0.4 is 5.32 Å². The van der Waals surface area contributed by atoms with E-state index >= 15 is 0 Å². The SMILES string of the molecule is CC(C)(C)OC(=O)N[C@H]1CCCN(Cc2cccs2)C1. The average molecular weight is 296 g/mol. The molecule has 112 valence electrons. The van der Waals surface area contributed by atoms with Crippen molar-refractivity contribution in [2.45, 2.75) is 51.8 Å². The molecule has 1 amide bonds. The molecule has 0 bridgehead atoms. The first-order chi connectivity index (χ1) is 9.42. The summed E-state index contributed by atoms with van der Waals surface area (Å²) in [7, 11) is 0. The predicted octanol–water partition coefficient (Wildman–Crippen LogP) is 3.24. The van der Waals surface area contributed by atoms with E-state index in [-0.39, 0.29) is 12.1 Å². The standard InChI is InChI=1S/C15H24N2O2S/c1-15(2,3)19-14(18)16-12-6-4-8-17(10-12)11-13-7-5-9-20-13/h5,7,9,12H,4,6,8,10-11H2,1-3H3,(H,16,18)/t12-/m0/s1. The monoisotopic (exact) mass is 296 g/mol. The number of rotatable bonds is 3. The molecule has 0 aromatic carbocycles. The van der Waals surface area contributed by atoms with Crippen molar-refractivity contribution in [1.29, 1.82) is 0 Å². The van der Waals surface area contributed by atoms with Crippen molar-refractivity contribution in [2.24, 2.45) is 0 Å². The fourth-order valence-corrected chi connectivity index (χ4v) is 3.16. The third kappa shape index (κ3) is 5.13. The zero-order valence-electron chi connectivity index (χ0n) is 12.5. The number of alkyl carbamates (subject to hydrolysis) is 1. The molecule has 1 saturated heterocycles. The normalized spacial score (nSPS) is 20.6. The van der Waals surface area contributed by atoms with Crippen LogP contribution in [0, 0.1) is 0 Å². The van der Waals surface area contributed by atoms with Gasteiger partial charge in [0.15, 0.2) is 0 Å². The molecule has 1 fully saturated rings. The summed E-state index contributed by atoms with van der Waals surface area (Å²) in [6, 6.07) is 4.44. The second kappa shape index (κ2) is 6.59. The van der Waals surface area contributed by atoms with Gasteiger partial charge in [-0.15, -0.1) is 11.3 Å². The Morgan fingerprint density at radius 1 is 1.55 bits per heavy atom. The maximum Gasteiger partial charge on any atom is 0.407 e. The maximum absolute atomic E-state index is 11.8. The molecule has 1 atom stereocenters. The molecule has 1 aliphatic heterocycles. The number of carbonyl (C=O) groups is 1. The van der Waals surface area contributed by atoms with Crippen LogP contribution in [0.25, 0.3) is 0 Å². The molecule has 2 heterocycles. The third-order valence-electron chi connectivity index (χ3n) is 3.19. The first kappa shape index (κ1) is 15.3. The number of ether oxygens (including phenoxy) is 1. The number of likely N-dealkylation sites (tertiary alicyclic amines) is 1. The van der Waals surface area contributed by atoms with Crippen LogP contribution >= 0.6 is 11.3 Å². The highest BCUT2D eigenvalue weighted by Crippen LogP contribution is 2.17. The molecule has 4 nitrogen and oxygen atoms in total. The highest BCUT2D eigenvalue weighted by atomic mass is 32.1. The lowest BCUT2D eigenvalue weighted by Crippen LogP contribution is -2.48. The summed E-state index contributed by atoms with van der Waals surface area (Å²) in [4.78, 5) is 15.6. The van der Waals surface area contributed by atoms with E-state index in [0.29, 0.717) is 0 Å². The van der Waals surface area contributed by atoms with E-state index in [4.69, 9.17) is 4.74 Å². The quantitative estimate of drug-likeness (QED) is 0.931. The van der Waals surface area contributed by atoms with Gasteiger partial charge in [0.2, 0.25) is 0 Å². The first-order valence-electron chi connectivity index (χ1n) is 7.16. The van der Waals surface area contributed by atoms with Crippen LogP contribution in [0.15, 0.2) is 17.5 Å². The lowest BCUT2D eigenvalue weighted by atomic mass is 10.1. The Labute approximate surface area is 125 Å². The summed E-state index contributed by atoms with van der Waals surface area (Å²) in [5.41, 5.74) is -0.435. The summed E-state index contributed by atoms with van der Waals surface area (Å²) in [5, 5.41) is 5.09. The Morgan fingerprint density at radius 3 is 3.00 bits per heavy atom. The van der Waals surface area contributed by atoms with Gasteiger partial charge in [-0.05, 0) is 51.6 Å². The van der Waals surface area contributed by atoms with Crippen LogP contribution in [-0.2, 0) is 11.3 Å². The minimum absolute atomic E-state index is 0.193. The largest absolute Gasteiger partial charge is 0.444 e. The number of amides is 1. The predicted molar refractivity (Wildman–Crippen MR) is 82.0 cm³/mol. The minimum atomic E-state index is -0.435. The van der Waals surface area contributed by atoms with E-state index in [0.717, 1.165) is 32.5 Å². The van der Waals surface area contributed by atoms with Crippen molar-refractivity contribution in [1.82, 2.24) is 10.2 Å². The lowest BCUT2D eigenvalue weighted by molar-refractivity contribution is 0.0470. The summed E-state index contributed by atoms with van der Waals surface area (Å²) >= 11 is 1.79. The van der Waals surface area contributed by atoms with Crippen molar-refractivity contribution in [3.05, 3.63) is 22.4 Å². The fourth-order valence-electron chi connectivity index (χ4n) is 2.41. The van der Waals surface area contributed by atoms with Crippen LogP contribution in [-0.4, -0.2) is 35.7 Å². The smallest absolute Gasteiger partial charge is 0.407 e. The Balaban J connectivity index is 1.80. The summed E-state index contributed by atoms with van der Waals surface area (Å²) in [5.74, 6) is 0. The van der Waals surface area contributed by atoms with Crippen LogP contribution in [0.3, 0.4) is 0 Å². The molecule has 1 aromatic rings. The molecule has 0 saturated carbocycles. The molecule has 1 aromatic heterocycles. The van der Waals surface area contributed by atoms with Gasteiger partial charge >= 0.3 is 6.09 Å². The summed E-state index contributed by atoms with van der Waals surface area (Å²) < 4.78 is 5.32. The van der Waals surface area contributed by atoms with Gasteiger partial charge in [-0.3, -0.25) is 4.90 Å². The van der Waals surface area contributed by atoms with Crippen LogP contribution in [0.1, 0.15) is 38.5 Å². The third-order valence-corrected chi connectivity index (χ3v) is 4.05. The van der Waals surface area contributed by atoms with Gasteiger partial charge in [0.1, 0.15) is 5.60 Å². The highest BCUT2D eigenvalue weighted by Gasteiger charge is 2.24. The molecule has 0 aliphatic carbocycles. The zero-order chi connectivity index (χ0) is 14.6. The Bertz CT molecular complexity index is 426. The molecule has 1 N–H and O–H groups in total. The van der Waals surface area contributed by atoms with Gasteiger partial charge < -0.3 is 10.1 Å². The van der Waals surface area contributed by atoms with Gasteiger partial charge in [-0.2, -0.15) is 0 Å². The Kier molecular flexibility index (Phi) is 5.05. The van der Waals surface area contributed by atoms with Crippen molar-refractivity contribution in [2.75, 3.05) is 13.1 Å². The van der Waals surface area contributed by atoms with E-state index in [2.05, 4.69) is 27.7 Å². The van der Waals surface area contributed by atoms with Crippen LogP contribution in [0.5, 0.6) is 0 Å². The van der Waals surface area contributed by atoms with Gasteiger partial charge in [0.05, 0.1) is 0 Å². The Hall–Kier alpha value is -1.07. The van der Waals surface area contributed by atoms with Crippen molar-refractivity contribution in [3.8, 4) is 0 Å². The lowest BCUT2D eigenvalue weighted by Gasteiger charge is -2.33. The topological polar surface area (TPSA) is 41.6 Å². The van der Waals surface area contributed by atoms with Crippen molar-refractivity contribution in [3.63, 3.8) is 0 Å². The molecular formula is C15H24N2O2S. The second-order valence-electron chi connectivity index (χ2n) is 6.30. The number of hydrogen-bond donors (Lipinski definition) is 1. The highest BCUT2D eigenvalue weighted by molar-refractivity contribution is 7.09. The van der Waals surface area contributed by atoms with Gasteiger partial charge in [0.25, 0.3) is 0 Å². The van der Waals surface area contributed by atoms with E-state index < -0.39 is 5.60 Å². The van der Waals surface area contributed by atoms with Crippen molar-refractivity contribution >= 4 is 17.4 Å². The number of carbonyl (C=O) groups excluding carboxylic acids is 1. The molecule has 5 heteroatoms. The van der Waals surface area contributed by atoms with Crippen LogP contribution in [0.2, 0.25) is 0 Å². The number of hydrogen-bond acceptors (Lipinski definition) is 4. The van der Waals surface area contributed by atoms with Gasteiger partial charge in [-0.25, -0.2) is 4.79 Å².